The Morgan fingerprint density at radius 3 is 2.44 bits per heavy atom. The van der Waals surface area contributed by atoms with Crippen molar-refractivity contribution >= 4 is 16.8 Å². The minimum atomic E-state index is -0.755. The van der Waals surface area contributed by atoms with Crippen molar-refractivity contribution in [3.8, 4) is 0 Å². The fourth-order valence-electron chi connectivity index (χ4n) is 3.49. The highest BCUT2D eigenvalue weighted by Crippen LogP contribution is 2.24. The molecule has 0 saturated carbocycles. The Labute approximate surface area is 181 Å². The lowest BCUT2D eigenvalue weighted by atomic mass is 10.1. The van der Waals surface area contributed by atoms with Gasteiger partial charge in [0.25, 0.3) is 5.91 Å². The smallest absolute Gasteiger partial charge is 0.293 e. The van der Waals surface area contributed by atoms with Gasteiger partial charge in [-0.3, -0.25) is 10.0 Å². The SMILES string of the molecule is O=C(NO)c1cc2c(CNCc3ccc(F)cc3)cn(Cc3ccc(F)cc3F)c2cn1. The van der Waals surface area contributed by atoms with Crippen LogP contribution < -0.4 is 10.8 Å². The third kappa shape index (κ3) is 4.63. The highest BCUT2D eigenvalue weighted by molar-refractivity contribution is 5.96. The van der Waals surface area contributed by atoms with Crippen LogP contribution in [0.15, 0.2) is 60.9 Å². The number of benzene rings is 2. The van der Waals surface area contributed by atoms with Crippen LogP contribution >= 0.6 is 0 Å². The summed E-state index contributed by atoms with van der Waals surface area (Å²) in [5.74, 6) is -2.39. The predicted octanol–water partition coefficient (Wildman–Crippen LogP) is 3.91. The van der Waals surface area contributed by atoms with Crippen molar-refractivity contribution in [1.82, 2.24) is 20.3 Å². The average Bonchev–Trinajstić information content (AvgIpc) is 3.13. The van der Waals surface area contributed by atoms with Gasteiger partial charge in [-0.15, -0.1) is 0 Å². The van der Waals surface area contributed by atoms with Crippen LogP contribution in [0.3, 0.4) is 0 Å². The van der Waals surface area contributed by atoms with Crippen LogP contribution in [-0.2, 0) is 19.6 Å². The summed E-state index contributed by atoms with van der Waals surface area (Å²) in [4.78, 5) is 15.9. The van der Waals surface area contributed by atoms with Crippen molar-refractivity contribution in [3.05, 3.63) is 101 Å². The van der Waals surface area contributed by atoms with E-state index in [1.54, 1.807) is 28.4 Å². The van der Waals surface area contributed by atoms with Gasteiger partial charge < -0.3 is 9.88 Å². The van der Waals surface area contributed by atoms with Crippen LogP contribution in [0.1, 0.15) is 27.2 Å². The van der Waals surface area contributed by atoms with E-state index in [2.05, 4.69) is 10.3 Å². The van der Waals surface area contributed by atoms with Crippen LogP contribution in [0.5, 0.6) is 0 Å². The number of rotatable bonds is 7. The maximum Gasteiger partial charge on any atom is 0.293 e. The Balaban J connectivity index is 1.64. The number of nitrogens with zero attached hydrogens (tertiary/aromatic N) is 2. The second kappa shape index (κ2) is 9.21. The van der Waals surface area contributed by atoms with Crippen LogP contribution in [0, 0.1) is 17.5 Å². The normalized spacial score (nSPS) is 11.1. The summed E-state index contributed by atoms with van der Waals surface area (Å²) < 4.78 is 42.3. The van der Waals surface area contributed by atoms with E-state index < -0.39 is 17.5 Å². The fraction of sp³-hybridized carbons (Fsp3) is 0.130. The molecule has 4 rings (SSSR count). The number of hydrogen-bond donors (Lipinski definition) is 3. The zero-order valence-corrected chi connectivity index (χ0v) is 16.8. The highest BCUT2D eigenvalue weighted by Gasteiger charge is 2.15. The summed E-state index contributed by atoms with van der Waals surface area (Å²) >= 11 is 0. The molecule has 0 saturated heterocycles. The van der Waals surface area contributed by atoms with Gasteiger partial charge in [0.1, 0.15) is 23.1 Å². The summed E-state index contributed by atoms with van der Waals surface area (Å²) in [5.41, 5.74) is 4.21. The molecule has 32 heavy (non-hydrogen) atoms. The van der Waals surface area contributed by atoms with Gasteiger partial charge in [0, 0.05) is 36.3 Å². The lowest BCUT2D eigenvalue weighted by Crippen LogP contribution is -2.19. The molecule has 2 heterocycles. The first kappa shape index (κ1) is 21.5. The van der Waals surface area contributed by atoms with Gasteiger partial charge in [-0.1, -0.05) is 18.2 Å². The van der Waals surface area contributed by atoms with E-state index in [1.165, 1.54) is 36.5 Å². The number of amides is 1. The van der Waals surface area contributed by atoms with Crippen LogP contribution in [-0.4, -0.2) is 20.7 Å². The summed E-state index contributed by atoms with van der Waals surface area (Å²) in [6.07, 6.45) is 3.26. The molecule has 0 atom stereocenters. The molecule has 164 valence electrons. The molecule has 0 aliphatic rings. The zero-order chi connectivity index (χ0) is 22.7. The predicted molar refractivity (Wildman–Crippen MR) is 111 cm³/mol. The van der Waals surface area contributed by atoms with E-state index in [0.717, 1.165) is 17.2 Å². The number of fused-ring (bicyclic) bond motifs is 1. The second-order valence-corrected chi connectivity index (χ2v) is 7.28. The maximum atomic E-state index is 14.2. The highest BCUT2D eigenvalue weighted by atomic mass is 19.1. The molecule has 0 radical (unpaired) electrons. The Morgan fingerprint density at radius 2 is 1.72 bits per heavy atom. The largest absolute Gasteiger partial charge is 0.341 e. The monoisotopic (exact) mass is 440 g/mol. The van der Waals surface area contributed by atoms with Gasteiger partial charge in [0.2, 0.25) is 0 Å². The number of pyridine rings is 1. The van der Waals surface area contributed by atoms with E-state index in [9.17, 15) is 18.0 Å². The molecular weight excluding hydrogens is 421 g/mol. The zero-order valence-electron chi connectivity index (χ0n) is 16.8. The summed E-state index contributed by atoms with van der Waals surface area (Å²) in [6.45, 7) is 1.01. The minimum absolute atomic E-state index is 0.0190. The van der Waals surface area contributed by atoms with Gasteiger partial charge in [-0.25, -0.2) is 23.6 Å². The molecule has 4 aromatic rings. The number of nitrogens with one attached hydrogen (secondary N) is 2. The van der Waals surface area contributed by atoms with Crippen LogP contribution in [0.2, 0.25) is 0 Å². The Hall–Kier alpha value is -3.69. The van der Waals surface area contributed by atoms with E-state index in [4.69, 9.17) is 5.21 Å². The molecule has 2 aromatic heterocycles. The van der Waals surface area contributed by atoms with Crippen molar-refractivity contribution in [2.24, 2.45) is 0 Å². The average molecular weight is 440 g/mol. The van der Waals surface area contributed by atoms with Gasteiger partial charge in [-0.05, 0) is 35.4 Å². The third-order valence-electron chi connectivity index (χ3n) is 5.10. The van der Waals surface area contributed by atoms with Gasteiger partial charge in [0.05, 0.1) is 18.3 Å². The van der Waals surface area contributed by atoms with E-state index >= 15 is 0 Å². The van der Waals surface area contributed by atoms with Gasteiger partial charge >= 0.3 is 0 Å². The molecule has 1 amide bonds. The number of halogens is 3. The lowest BCUT2D eigenvalue weighted by molar-refractivity contribution is 0.0701. The van der Waals surface area contributed by atoms with Crippen LogP contribution in [0.25, 0.3) is 10.9 Å². The van der Waals surface area contributed by atoms with Crippen molar-refractivity contribution < 1.29 is 23.2 Å². The maximum absolute atomic E-state index is 14.2. The van der Waals surface area contributed by atoms with Gasteiger partial charge in [0.15, 0.2) is 0 Å². The van der Waals surface area contributed by atoms with E-state index in [-0.39, 0.29) is 18.1 Å². The Morgan fingerprint density at radius 1 is 0.969 bits per heavy atom. The Bertz CT molecular complexity index is 1270. The fourth-order valence-corrected chi connectivity index (χ4v) is 3.49. The number of hydroxylamine groups is 1. The summed E-state index contributed by atoms with van der Waals surface area (Å²) in [6, 6.07) is 11.0. The number of aromatic nitrogens is 2. The van der Waals surface area contributed by atoms with Crippen molar-refractivity contribution in [2.45, 2.75) is 19.6 Å². The Kier molecular flexibility index (Phi) is 6.20. The minimum Gasteiger partial charge on any atom is -0.341 e. The first-order valence-electron chi connectivity index (χ1n) is 9.76. The molecule has 2 aromatic carbocycles. The molecule has 0 spiro atoms. The quantitative estimate of drug-likeness (QED) is 0.301. The molecule has 0 bridgehead atoms. The second-order valence-electron chi connectivity index (χ2n) is 7.28. The summed E-state index contributed by atoms with van der Waals surface area (Å²) in [5, 5.41) is 12.9. The van der Waals surface area contributed by atoms with E-state index in [0.29, 0.717) is 29.6 Å². The first-order chi connectivity index (χ1) is 15.4. The van der Waals surface area contributed by atoms with Gasteiger partial charge in [-0.2, -0.15) is 0 Å². The molecule has 9 heteroatoms. The van der Waals surface area contributed by atoms with Crippen molar-refractivity contribution in [1.29, 1.82) is 0 Å². The number of carbonyl (C=O) groups excluding carboxylic acids is 1. The number of carbonyl (C=O) groups is 1. The van der Waals surface area contributed by atoms with E-state index in [1.807, 2.05) is 0 Å². The first-order valence-corrected chi connectivity index (χ1v) is 9.76. The topological polar surface area (TPSA) is 79.2 Å². The molecule has 6 nitrogen and oxygen atoms in total. The molecule has 0 aliphatic heterocycles. The molecule has 0 fully saturated rings. The van der Waals surface area contributed by atoms with Crippen molar-refractivity contribution in [3.63, 3.8) is 0 Å². The summed E-state index contributed by atoms with van der Waals surface area (Å²) in [7, 11) is 0. The standard InChI is InChI=1S/C23H19F3N4O2/c24-17-4-1-14(2-5-17)9-27-10-16-13-30(12-15-3-6-18(25)7-20(15)26)22-11-28-21(8-19(16)22)23(31)29-32/h1-8,11,13,27,32H,9-10,12H2,(H,29,31). The molecule has 0 unspecified atom stereocenters. The van der Waals surface area contributed by atoms with Crippen LogP contribution in [0.4, 0.5) is 13.2 Å². The molecule has 0 aliphatic carbocycles. The molecule has 3 N–H and O–H groups in total. The third-order valence-corrected chi connectivity index (χ3v) is 5.10. The number of hydrogen-bond acceptors (Lipinski definition) is 4. The molecular formula is C23H19F3N4O2. The van der Waals surface area contributed by atoms with Crippen molar-refractivity contribution in [2.75, 3.05) is 0 Å². The lowest BCUT2D eigenvalue weighted by Gasteiger charge is -2.07.